The van der Waals surface area contributed by atoms with E-state index in [2.05, 4.69) is 0 Å². The van der Waals surface area contributed by atoms with Gasteiger partial charge in [-0.2, -0.15) is 0 Å². The van der Waals surface area contributed by atoms with Gasteiger partial charge >= 0.3 is 11.9 Å². The molecule has 0 aliphatic carbocycles. The maximum absolute atomic E-state index is 9.93. The summed E-state index contributed by atoms with van der Waals surface area (Å²) >= 11 is 0. The average Bonchev–Trinajstić information content (AvgIpc) is 2.13. The molecule has 15 heavy (non-hydrogen) atoms. The van der Waals surface area contributed by atoms with Crippen molar-refractivity contribution in [2.75, 3.05) is 6.54 Å². The Morgan fingerprint density at radius 3 is 1.93 bits per heavy atom. The number of carboxylic acid groups (broad SMARTS) is 2. The van der Waals surface area contributed by atoms with Crippen molar-refractivity contribution in [1.29, 1.82) is 0 Å². The van der Waals surface area contributed by atoms with Crippen LogP contribution in [0.4, 0.5) is 0 Å². The zero-order valence-corrected chi connectivity index (χ0v) is 8.85. The van der Waals surface area contributed by atoms with Crippen LogP contribution in [0.1, 0.15) is 32.6 Å². The van der Waals surface area contributed by atoms with Gasteiger partial charge in [-0.15, -0.1) is 0 Å². The van der Waals surface area contributed by atoms with E-state index in [1.807, 2.05) is 0 Å². The molecule has 1 atom stereocenters. The Morgan fingerprint density at radius 1 is 1.20 bits per heavy atom. The molecule has 0 aromatic heterocycles. The van der Waals surface area contributed by atoms with Gasteiger partial charge in [-0.05, 0) is 26.3 Å². The molecule has 0 aliphatic rings. The number of hydrogen-bond donors (Lipinski definition) is 4. The molecule has 0 aromatic rings. The van der Waals surface area contributed by atoms with Crippen molar-refractivity contribution >= 4 is 11.9 Å². The Kier molecular flexibility index (Phi) is 11.9. The molecule has 5 N–H and O–H groups in total. The average molecular weight is 221 g/mol. The van der Waals surface area contributed by atoms with Crippen molar-refractivity contribution in [2.24, 2.45) is 5.73 Å². The molecule has 0 saturated heterocycles. The standard InChI is InChI=1S/C6H13NO2.C3H6O3/c7-5-3-1-2-4-6(8)9;1-2(4)3(5)6/h1-5,7H2,(H,8,9);2,4H,1H3,(H,5,6). The molecule has 0 spiro atoms. The van der Waals surface area contributed by atoms with E-state index in [-0.39, 0.29) is 6.42 Å². The number of carbonyl (C=O) groups is 2. The van der Waals surface area contributed by atoms with Crippen LogP contribution in [0.5, 0.6) is 0 Å². The van der Waals surface area contributed by atoms with Crippen LogP contribution < -0.4 is 5.73 Å². The van der Waals surface area contributed by atoms with Gasteiger partial charge in [-0.1, -0.05) is 6.42 Å². The molecule has 6 nitrogen and oxygen atoms in total. The molecular formula is C9H19NO5. The number of carboxylic acids is 2. The minimum absolute atomic E-state index is 0.278. The highest BCUT2D eigenvalue weighted by Crippen LogP contribution is 1.97. The van der Waals surface area contributed by atoms with E-state index in [4.69, 9.17) is 21.1 Å². The summed E-state index contributed by atoms with van der Waals surface area (Å²) in [7, 11) is 0. The summed E-state index contributed by atoms with van der Waals surface area (Å²) < 4.78 is 0. The minimum Gasteiger partial charge on any atom is -0.481 e. The van der Waals surface area contributed by atoms with Gasteiger partial charge in [-0.3, -0.25) is 4.79 Å². The molecule has 1 unspecified atom stereocenters. The molecule has 0 aromatic carbocycles. The summed E-state index contributed by atoms with van der Waals surface area (Å²) in [4.78, 5) is 19.4. The second kappa shape index (κ2) is 10.9. The topological polar surface area (TPSA) is 121 Å². The van der Waals surface area contributed by atoms with Gasteiger partial charge in [0.2, 0.25) is 0 Å². The Bertz CT molecular complexity index is 181. The van der Waals surface area contributed by atoms with Gasteiger partial charge in [0.1, 0.15) is 6.10 Å². The van der Waals surface area contributed by atoms with Crippen molar-refractivity contribution in [2.45, 2.75) is 38.7 Å². The van der Waals surface area contributed by atoms with Crippen molar-refractivity contribution in [3.8, 4) is 0 Å². The van der Waals surface area contributed by atoms with Crippen LogP contribution in [0.15, 0.2) is 0 Å². The lowest BCUT2D eigenvalue weighted by Gasteiger charge is -1.93. The maximum atomic E-state index is 9.93. The number of hydrogen-bond acceptors (Lipinski definition) is 4. The summed E-state index contributed by atoms with van der Waals surface area (Å²) in [6.07, 6.45) is 1.67. The molecule has 90 valence electrons. The molecule has 0 radical (unpaired) electrons. The molecule has 0 bridgehead atoms. The van der Waals surface area contributed by atoms with Gasteiger partial charge in [0, 0.05) is 6.42 Å². The van der Waals surface area contributed by atoms with Crippen LogP contribution in [0.2, 0.25) is 0 Å². The van der Waals surface area contributed by atoms with Crippen LogP contribution in [0.3, 0.4) is 0 Å². The fraction of sp³-hybridized carbons (Fsp3) is 0.778. The van der Waals surface area contributed by atoms with E-state index in [9.17, 15) is 9.59 Å². The van der Waals surface area contributed by atoms with Crippen LogP contribution in [0.25, 0.3) is 0 Å². The molecule has 0 saturated carbocycles. The third kappa shape index (κ3) is 19.3. The van der Waals surface area contributed by atoms with E-state index in [1.165, 1.54) is 6.92 Å². The first-order valence-electron chi connectivity index (χ1n) is 4.74. The molecular weight excluding hydrogens is 202 g/mol. The molecule has 6 heteroatoms. The normalized spacial score (nSPS) is 11.1. The maximum Gasteiger partial charge on any atom is 0.332 e. The summed E-state index contributed by atoms with van der Waals surface area (Å²) in [5, 5.41) is 24.0. The largest absolute Gasteiger partial charge is 0.481 e. The van der Waals surface area contributed by atoms with Gasteiger partial charge in [0.05, 0.1) is 0 Å². The van der Waals surface area contributed by atoms with Gasteiger partial charge in [-0.25, -0.2) is 4.79 Å². The second-order valence-corrected chi connectivity index (χ2v) is 3.01. The van der Waals surface area contributed by atoms with E-state index in [1.54, 1.807) is 0 Å². The lowest BCUT2D eigenvalue weighted by atomic mass is 10.2. The number of rotatable bonds is 6. The van der Waals surface area contributed by atoms with Crippen LogP contribution >= 0.6 is 0 Å². The zero-order chi connectivity index (χ0) is 12.3. The van der Waals surface area contributed by atoms with Gasteiger partial charge in [0.15, 0.2) is 0 Å². The highest BCUT2D eigenvalue weighted by molar-refractivity contribution is 5.71. The zero-order valence-electron chi connectivity index (χ0n) is 8.85. The molecule has 0 fully saturated rings. The number of unbranched alkanes of at least 4 members (excludes halogenated alkanes) is 2. The Labute approximate surface area is 88.7 Å². The SMILES string of the molecule is CC(O)C(=O)O.NCCCCCC(=O)O. The van der Waals surface area contributed by atoms with Crippen molar-refractivity contribution < 1.29 is 24.9 Å². The third-order valence-electron chi connectivity index (χ3n) is 1.45. The lowest BCUT2D eigenvalue weighted by molar-refractivity contribution is -0.145. The van der Waals surface area contributed by atoms with Crippen molar-refractivity contribution in [3.63, 3.8) is 0 Å². The van der Waals surface area contributed by atoms with Crippen LogP contribution in [0, 0.1) is 0 Å². The number of aliphatic hydroxyl groups excluding tert-OH is 1. The minimum atomic E-state index is -1.23. The predicted molar refractivity (Wildman–Crippen MR) is 54.5 cm³/mol. The van der Waals surface area contributed by atoms with Crippen LogP contribution in [-0.4, -0.2) is 39.9 Å². The highest BCUT2D eigenvalue weighted by Gasteiger charge is 2.01. The first-order chi connectivity index (χ1) is 6.91. The summed E-state index contributed by atoms with van der Waals surface area (Å²) in [6, 6.07) is 0. The smallest absolute Gasteiger partial charge is 0.332 e. The Hall–Kier alpha value is -1.14. The van der Waals surface area contributed by atoms with Gasteiger partial charge in [0.25, 0.3) is 0 Å². The highest BCUT2D eigenvalue weighted by atomic mass is 16.4. The van der Waals surface area contributed by atoms with Crippen molar-refractivity contribution in [1.82, 2.24) is 0 Å². The van der Waals surface area contributed by atoms with E-state index in [0.717, 1.165) is 19.3 Å². The quantitative estimate of drug-likeness (QED) is 0.470. The summed E-state index contributed by atoms with van der Waals surface area (Å²) in [5.74, 6) is -1.90. The Morgan fingerprint density at radius 2 is 1.67 bits per heavy atom. The Balaban J connectivity index is 0. The fourth-order valence-corrected chi connectivity index (χ4v) is 0.597. The molecule has 0 rings (SSSR count). The number of aliphatic hydroxyl groups is 1. The van der Waals surface area contributed by atoms with E-state index in [0.29, 0.717) is 6.54 Å². The van der Waals surface area contributed by atoms with E-state index < -0.39 is 18.0 Å². The predicted octanol–water partition coefficient (Wildman–Crippen LogP) is 0.0419. The van der Waals surface area contributed by atoms with Crippen LogP contribution in [-0.2, 0) is 9.59 Å². The monoisotopic (exact) mass is 221 g/mol. The van der Waals surface area contributed by atoms with Crippen molar-refractivity contribution in [3.05, 3.63) is 0 Å². The lowest BCUT2D eigenvalue weighted by Crippen LogP contribution is -2.13. The number of nitrogens with two attached hydrogens (primary N) is 1. The fourth-order valence-electron chi connectivity index (χ4n) is 0.597. The summed E-state index contributed by atoms with van der Waals surface area (Å²) in [5.41, 5.74) is 5.20. The molecule has 0 aliphatic heterocycles. The number of aliphatic carboxylic acids is 2. The second-order valence-electron chi connectivity index (χ2n) is 3.01. The molecule has 0 heterocycles. The molecule has 0 amide bonds. The first kappa shape index (κ1) is 16.3. The summed E-state index contributed by atoms with van der Waals surface area (Å²) in [6.45, 7) is 1.86. The van der Waals surface area contributed by atoms with Gasteiger partial charge < -0.3 is 21.1 Å². The first-order valence-corrected chi connectivity index (χ1v) is 4.74. The third-order valence-corrected chi connectivity index (χ3v) is 1.45. The van der Waals surface area contributed by atoms with E-state index >= 15 is 0 Å².